The lowest BCUT2D eigenvalue weighted by molar-refractivity contribution is 0.211. The van der Waals surface area contributed by atoms with E-state index < -0.39 is 0 Å². The molecular weight excluding hydrogens is 228 g/mol. The molecule has 0 atom stereocenters. The van der Waals surface area contributed by atoms with Crippen molar-refractivity contribution in [3.05, 3.63) is 29.8 Å². The van der Waals surface area contributed by atoms with Crippen molar-refractivity contribution in [2.45, 2.75) is 13.8 Å². The minimum absolute atomic E-state index is 0.000498. The summed E-state index contributed by atoms with van der Waals surface area (Å²) in [5.41, 5.74) is 6.79. The van der Waals surface area contributed by atoms with E-state index in [1.807, 2.05) is 19.9 Å². The first-order chi connectivity index (χ1) is 8.51. The second kappa shape index (κ2) is 6.05. The van der Waals surface area contributed by atoms with Crippen LogP contribution in [0.2, 0.25) is 0 Å². The van der Waals surface area contributed by atoms with Gasteiger partial charge in [0.05, 0.1) is 0 Å². The third-order valence-electron chi connectivity index (χ3n) is 2.87. The normalized spacial score (nSPS) is 9.94. The van der Waals surface area contributed by atoms with Gasteiger partial charge < -0.3 is 10.6 Å². The highest BCUT2D eigenvalue weighted by Gasteiger charge is 2.16. The molecule has 0 saturated heterocycles. The number of hydrogen-bond donors (Lipinski definition) is 2. The Balaban J connectivity index is 2.96. The van der Waals surface area contributed by atoms with Crippen LogP contribution >= 0.6 is 0 Å². The SMILES string of the molecule is CCN(CC)C(=O)N(C)c1cccc(C(=N)N)c1. The molecule has 0 unspecified atom stereocenters. The maximum Gasteiger partial charge on any atom is 0.324 e. The first-order valence-electron chi connectivity index (χ1n) is 5.98. The molecule has 0 aliphatic carbocycles. The molecular formula is C13H20N4O. The lowest BCUT2D eigenvalue weighted by Crippen LogP contribution is -2.41. The summed E-state index contributed by atoms with van der Waals surface area (Å²) in [7, 11) is 1.72. The number of nitrogen functional groups attached to an aromatic ring is 1. The Bertz CT molecular complexity index is 440. The van der Waals surface area contributed by atoms with E-state index in [1.54, 1.807) is 35.0 Å². The van der Waals surface area contributed by atoms with Crippen LogP contribution in [-0.2, 0) is 0 Å². The molecule has 1 aromatic carbocycles. The zero-order chi connectivity index (χ0) is 13.7. The maximum atomic E-state index is 12.2. The van der Waals surface area contributed by atoms with Gasteiger partial charge in [-0.05, 0) is 26.0 Å². The summed E-state index contributed by atoms with van der Waals surface area (Å²) in [5.74, 6) is 0.000498. The molecule has 1 aromatic rings. The van der Waals surface area contributed by atoms with Crippen LogP contribution in [0.3, 0.4) is 0 Å². The molecule has 0 fully saturated rings. The number of amides is 2. The van der Waals surface area contributed by atoms with Crippen LogP contribution < -0.4 is 10.6 Å². The molecule has 3 N–H and O–H groups in total. The van der Waals surface area contributed by atoms with Gasteiger partial charge in [0.25, 0.3) is 0 Å². The highest BCUT2D eigenvalue weighted by atomic mass is 16.2. The molecule has 98 valence electrons. The molecule has 0 aliphatic rings. The Morgan fingerprint density at radius 2 is 1.94 bits per heavy atom. The van der Waals surface area contributed by atoms with Crippen molar-refractivity contribution in [3.63, 3.8) is 0 Å². The van der Waals surface area contributed by atoms with Gasteiger partial charge in [-0.2, -0.15) is 0 Å². The number of benzene rings is 1. The Morgan fingerprint density at radius 1 is 1.33 bits per heavy atom. The van der Waals surface area contributed by atoms with Gasteiger partial charge in [-0.3, -0.25) is 10.3 Å². The summed E-state index contributed by atoms with van der Waals surface area (Å²) in [5, 5.41) is 7.40. The first-order valence-corrected chi connectivity index (χ1v) is 5.98. The molecule has 0 bridgehead atoms. The van der Waals surface area contributed by atoms with Gasteiger partial charge in [-0.1, -0.05) is 12.1 Å². The second-order valence-corrected chi connectivity index (χ2v) is 3.98. The predicted octanol–water partition coefficient (Wildman–Crippen LogP) is 1.87. The smallest absolute Gasteiger partial charge is 0.324 e. The predicted molar refractivity (Wildman–Crippen MR) is 74.2 cm³/mol. The fraction of sp³-hybridized carbons (Fsp3) is 0.385. The van der Waals surface area contributed by atoms with Crippen molar-refractivity contribution in [2.75, 3.05) is 25.0 Å². The van der Waals surface area contributed by atoms with Gasteiger partial charge in [0.15, 0.2) is 0 Å². The fourth-order valence-corrected chi connectivity index (χ4v) is 1.70. The minimum Gasteiger partial charge on any atom is -0.384 e. The van der Waals surface area contributed by atoms with Gasteiger partial charge in [-0.15, -0.1) is 0 Å². The molecule has 1 rings (SSSR count). The van der Waals surface area contributed by atoms with E-state index >= 15 is 0 Å². The largest absolute Gasteiger partial charge is 0.384 e. The quantitative estimate of drug-likeness (QED) is 0.630. The zero-order valence-corrected chi connectivity index (χ0v) is 11.1. The molecule has 18 heavy (non-hydrogen) atoms. The van der Waals surface area contributed by atoms with E-state index in [0.29, 0.717) is 18.7 Å². The first kappa shape index (κ1) is 14.0. The molecule has 0 heterocycles. The van der Waals surface area contributed by atoms with Crippen molar-refractivity contribution < 1.29 is 4.79 Å². The molecule has 5 heteroatoms. The molecule has 5 nitrogen and oxygen atoms in total. The minimum atomic E-state index is -0.0549. The summed E-state index contributed by atoms with van der Waals surface area (Å²) in [6.45, 7) is 5.24. The van der Waals surface area contributed by atoms with Crippen molar-refractivity contribution in [1.29, 1.82) is 5.41 Å². The van der Waals surface area contributed by atoms with Crippen LogP contribution in [-0.4, -0.2) is 36.9 Å². The Labute approximate surface area is 108 Å². The summed E-state index contributed by atoms with van der Waals surface area (Å²) in [4.78, 5) is 15.5. The molecule has 2 amide bonds. The fourth-order valence-electron chi connectivity index (χ4n) is 1.70. The number of rotatable bonds is 4. The van der Waals surface area contributed by atoms with Crippen LogP contribution in [0.15, 0.2) is 24.3 Å². The Kier molecular flexibility index (Phi) is 4.71. The Morgan fingerprint density at radius 3 is 2.44 bits per heavy atom. The Hall–Kier alpha value is -2.04. The van der Waals surface area contributed by atoms with Crippen LogP contribution in [0.4, 0.5) is 10.5 Å². The van der Waals surface area contributed by atoms with E-state index in [9.17, 15) is 4.79 Å². The number of carbonyl (C=O) groups is 1. The molecule has 0 aliphatic heterocycles. The third kappa shape index (κ3) is 3.00. The number of hydrogen-bond acceptors (Lipinski definition) is 2. The van der Waals surface area contributed by atoms with E-state index in [0.717, 1.165) is 5.69 Å². The van der Waals surface area contributed by atoms with E-state index in [-0.39, 0.29) is 11.9 Å². The van der Waals surface area contributed by atoms with Crippen molar-refractivity contribution >= 4 is 17.6 Å². The number of nitrogens with one attached hydrogen (secondary N) is 1. The van der Waals surface area contributed by atoms with Crippen LogP contribution in [0.5, 0.6) is 0 Å². The molecule has 0 saturated carbocycles. The number of anilines is 1. The molecule has 0 spiro atoms. The van der Waals surface area contributed by atoms with E-state index in [2.05, 4.69) is 0 Å². The van der Waals surface area contributed by atoms with Gasteiger partial charge in [-0.25, -0.2) is 4.79 Å². The zero-order valence-electron chi connectivity index (χ0n) is 11.1. The van der Waals surface area contributed by atoms with E-state index in [4.69, 9.17) is 11.1 Å². The summed E-state index contributed by atoms with van der Waals surface area (Å²) in [6.07, 6.45) is 0. The number of amidine groups is 1. The monoisotopic (exact) mass is 248 g/mol. The highest BCUT2D eigenvalue weighted by Crippen LogP contribution is 2.16. The number of carbonyl (C=O) groups excluding carboxylic acids is 1. The number of urea groups is 1. The maximum absolute atomic E-state index is 12.2. The lowest BCUT2D eigenvalue weighted by atomic mass is 10.2. The topological polar surface area (TPSA) is 73.4 Å². The van der Waals surface area contributed by atoms with Crippen LogP contribution in [0.25, 0.3) is 0 Å². The molecule has 0 aromatic heterocycles. The average molecular weight is 248 g/mol. The summed E-state index contributed by atoms with van der Waals surface area (Å²) in [6, 6.07) is 7.05. The van der Waals surface area contributed by atoms with Crippen molar-refractivity contribution in [1.82, 2.24) is 4.90 Å². The molecule has 0 radical (unpaired) electrons. The highest BCUT2D eigenvalue weighted by molar-refractivity contribution is 5.97. The summed E-state index contributed by atoms with van der Waals surface area (Å²) >= 11 is 0. The van der Waals surface area contributed by atoms with Crippen LogP contribution in [0, 0.1) is 5.41 Å². The number of nitrogens with zero attached hydrogens (tertiary/aromatic N) is 2. The summed E-state index contributed by atoms with van der Waals surface area (Å²) < 4.78 is 0. The lowest BCUT2D eigenvalue weighted by Gasteiger charge is -2.26. The standard InChI is InChI=1S/C13H20N4O/c1-4-17(5-2)13(18)16(3)11-8-6-7-10(9-11)12(14)15/h6-9H,4-5H2,1-3H3,(H3,14,15). The third-order valence-corrected chi connectivity index (χ3v) is 2.87. The van der Waals surface area contributed by atoms with Crippen LogP contribution in [0.1, 0.15) is 19.4 Å². The van der Waals surface area contributed by atoms with Gasteiger partial charge in [0.2, 0.25) is 0 Å². The van der Waals surface area contributed by atoms with Gasteiger partial charge in [0.1, 0.15) is 5.84 Å². The van der Waals surface area contributed by atoms with Gasteiger partial charge in [0, 0.05) is 31.4 Å². The average Bonchev–Trinajstić information content (AvgIpc) is 2.39. The number of nitrogens with two attached hydrogens (primary N) is 1. The van der Waals surface area contributed by atoms with Gasteiger partial charge >= 0.3 is 6.03 Å². The second-order valence-electron chi connectivity index (χ2n) is 3.98. The van der Waals surface area contributed by atoms with E-state index in [1.165, 1.54) is 0 Å². The van der Waals surface area contributed by atoms with Crippen molar-refractivity contribution in [3.8, 4) is 0 Å². The van der Waals surface area contributed by atoms with Crippen molar-refractivity contribution in [2.24, 2.45) is 5.73 Å².